The van der Waals surface area contributed by atoms with Crippen LogP contribution in [0.4, 0.5) is 5.69 Å². The molecule has 6 nitrogen and oxygen atoms in total. The molecular weight excluding hydrogens is 256 g/mol. The maximum Gasteiger partial charge on any atom is 0.250 e. The van der Waals surface area contributed by atoms with E-state index in [1.54, 1.807) is 6.20 Å². The number of fused-ring (bicyclic) bond motifs is 1. The third-order valence-electron chi connectivity index (χ3n) is 3.49. The van der Waals surface area contributed by atoms with E-state index in [1.807, 2.05) is 18.2 Å². The standard InChI is InChI=1S/C14H18N4O2/c19-13(9-20-11-4-6-15-7-5-11)17-12-3-1-2-10-8-16-18-14(10)12/h1-3,8,11,15H,4-7,9H2,(H,16,18)(H,17,19). The number of H-pyrrole nitrogens is 1. The van der Waals surface area contributed by atoms with Crippen molar-refractivity contribution in [3.05, 3.63) is 24.4 Å². The van der Waals surface area contributed by atoms with Gasteiger partial charge in [0.2, 0.25) is 5.91 Å². The van der Waals surface area contributed by atoms with Gasteiger partial charge in [-0.15, -0.1) is 0 Å². The predicted molar refractivity (Wildman–Crippen MR) is 76.6 cm³/mol. The van der Waals surface area contributed by atoms with Gasteiger partial charge in [-0.05, 0) is 32.0 Å². The van der Waals surface area contributed by atoms with Crippen LogP contribution in [-0.4, -0.2) is 41.9 Å². The minimum atomic E-state index is -0.134. The molecule has 1 aliphatic rings. The normalized spacial score (nSPS) is 16.4. The Balaban J connectivity index is 1.57. The Morgan fingerprint density at radius 3 is 3.10 bits per heavy atom. The molecule has 1 amide bonds. The van der Waals surface area contributed by atoms with Gasteiger partial charge >= 0.3 is 0 Å². The SMILES string of the molecule is O=C(COC1CCNCC1)Nc1cccc2cn[nH]c12. The Morgan fingerprint density at radius 2 is 2.25 bits per heavy atom. The molecule has 0 bridgehead atoms. The molecule has 0 atom stereocenters. The summed E-state index contributed by atoms with van der Waals surface area (Å²) in [5.41, 5.74) is 1.57. The molecule has 1 aromatic carbocycles. The van der Waals surface area contributed by atoms with E-state index in [0.717, 1.165) is 42.5 Å². The number of piperidine rings is 1. The van der Waals surface area contributed by atoms with Crippen LogP contribution < -0.4 is 10.6 Å². The van der Waals surface area contributed by atoms with Crippen molar-refractivity contribution in [1.29, 1.82) is 0 Å². The number of hydrogen-bond acceptors (Lipinski definition) is 4. The molecule has 3 N–H and O–H groups in total. The number of hydrogen-bond donors (Lipinski definition) is 3. The highest BCUT2D eigenvalue weighted by Gasteiger charge is 2.15. The second kappa shape index (κ2) is 6.02. The lowest BCUT2D eigenvalue weighted by molar-refractivity contribution is -0.123. The third-order valence-corrected chi connectivity index (χ3v) is 3.49. The van der Waals surface area contributed by atoms with Gasteiger partial charge in [0.05, 0.1) is 23.5 Å². The first-order chi connectivity index (χ1) is 9.83. The lowest BCUT2D eigenvalue weighted by Crippen LogP contribution is -2.34. The Bertz CT molecular complexity index is 590. The first kappa shape index (κ1) is 13.1. The van der Waals surface area contributed by atoms with Gasteiger partial charge in [0.1, 0.15) is 6.61 Å². The fourth-order valence-electron chi connectivity index (χ4n) is 2.41. The molecule has 1 aromatic heterocycles. The van der Waals surface area contributed by atoms with E-state index in [2.05, 4.69) is 20.8 Å². The molecule has 6 heteroatoms. The molecule has 106 valence electrons. The summed E-state index contributed by atoms with van der Waals surface area (Å²) in [6.45, 7) is 2.01. The van der Waals surface area contributed by atoms with Crippen LogP contribution in [0.15, 0.2) is 24.4 Å². The molecule has 0 aliphatic carbocycles. The fraction of sp³-hybridized carbons (Fsp3) is 0.429. The largest absolute Gasteiger partial charge is 0.368 e. The molecular formula is C14H18N4O2. The van der Waals surface area contributed by atoms with Crippen LogP contribution in [0.5, 0.6) is 0 Å². The van der Waals surface area contributed by atoms with Gasteiger partial charge in [0.25, 0.3) is 0 Å². The van der Waals surface area contributed by atoms with Crippen molar-refractivity contribution >= 4 is 22.5 Å². The van der Waals surface area contributed by atoms with Gasteiger partial charge in [-0.1, -0.05) is 12.1 Å². The van der Waals surface area contributed by atoms with Gasteiger partial charge in [-0.3, -0.25) is 9.89 Å². The number of aromatic amines is 1. The van der Waals surface area contributed by atoms with Crippen LogP contribution in [0.3, 0.4) is 0 Å². The zero-order chi connectivity index (χ0) is 13.8. The third kappa shape index (κ3) is 2.97. The van der Waals surface area contributed by atoms with Crippen molar-refractivity contribution in [3.63, 3.8) is 0 Å². The number of aromatic nitrogens is 2. The number of nitrogens with one attached hydrogen (secondary N) is 3. The van der Waals surface area contributed by atoms with Gasteiger partial charge in [0.15, 0.2) is 0 Å². The molecule has 1 aliphatic heterocycles. The molecule has 2 aromatic rings. The smallest absolute Gasteiger partial charge is 0.250 e. The minimum Gasteiger partial charge on any atom is -0.368 e. The second-order valence-electron chi connectivity index (χ2n) is 4.95. The molecule has 0 radical (unpaired) electrons. The number of para-hydroxylation sites is 1. The lowest BCUT2D eigenvalue weighted by Gasteiger charge is -2.22. The van der Waals surface area contributed by atoms with E-state index in [-0.39, 0.29) is 18.6 Å². The number of rotatable bonds is 4. The lowest BCUT2D eigenvalue weighted by atomic mass is 10.1. The number of carbonyl (C=O) groups is 1. The van der Waals surface area contributed by atoms with E-state index in [1.165, 1.54) is 0 Å². The summed E-state index contributed by atoms with van der Waals surface area (Å²) in [7, 11) is 0. The molecule has 1 fully saturated rings. The quantitative estimate of drug-likeness (QED) is 0.784. The van der Waals surface area contributed by atoms with E-state index in [0.29, 0.717) is 0 Å². The maximum atomic E-state index is 11.9. The monoisotopic (exact) mass is 274 g/mol. The predicted octanol–water partition coefficient (Wildman–Crippen LogP) is 1.27. The number of ether oxygens (including phenoxy) is 1. The number of amides is 1. The Kier molecular flexibility index (Phi) is 3.94. The summed E-state index contributed by atoms with van der Waals surface area (Å²) in [6, 6.07) is 5.68. The van der Waals surface area contributed by atoms with E-state index in [9.17, 15) is 4.79 Å². The Hall–Kier alpha value is -1.92. The molecule has 0 unspecified atom stereocenters. The topological polar surface area (TPSA) is 79.0 Å². The zero-order valence-electron chi connectivity index (χ0n) is 11.2. The molecule has 2 heterocycles. The molecule has 1 saturated heterocycles. The average molecular weight is 274 g/mol. The number of anilines is 1. The van der Waals surface area contributed by atoms with Crippen molar-refractivity contribution in [2.75, 3.05) is 25.0 Å². The summed E-state index contributed by atoms with van der Waals surface area (Å²) in [5.74, 6) is -0.134. The Morgan fingerprint density at radius 1 is 1.40 bits per heavy atom. The maximum absolute atomic E-state index is 11.9. The van der Waals surface area contributed by atoms with Crippen molar-refractivity contribution in [1.82, 2.24) is 15.5 Å². The van der Waals surface area contributed by atoms with Crippen molar-refractivity contribution in [2.24, 2.45) is 0 Å². The highest BCUT2D eigenvalue weighted by Crippen LogP contribution is 2.20. The second-order valence-corrected chi connectivity index (χ2v) is 4.95. The van der Waals surface area contributed by atoms with Crippen LogP contribution >= 0.6 is 0 Å². The van der Waals surface area contributed by atoms with Crippen molar-refractivity contribution in [2.45, 2.75) is 18.9 Å². The summed E-state index contributed by atoms with van der Waals surface area (Å²) < 4.78 is 5.63. The summed E-state index contributed by atoms with van der Waals surface area (Å²) in [5, 5.41) is 14.0. The van der Waals surface area contributed by atoms with Crippen molar-refractivity contribution in [3.8, 4) is 0 Å². The van der Waals surface area contributed by atoms with Crippen LogP contribution in [0.1, 0.15) is 12.8 Å². The molecule has 0 spiro atoms. The molecule has 3 rings (SSSR count). The highest BCUT2D eigenvalue weighted by atomic mass is 16.5. The van der Waals surface area contributed by atoms with Crippen LogP contribution in [0.2, 0.25) is 0 Å². The number of carbonyl (C=O) groups excluding carboxylic acids is 1. The Labute approximate surface area is 116 Å². The van der Waals surface area contributed by atoms with Crippen LogP contribution in [0, 0.1) is 0 Å². The first-order valence-corrected chi connectivity index (χ1v) is 6.87. The van der Waals surface area contributed by atoms with E-state index < -0.39 is 0 Å². The summed E-state index contributed by atoms with van der Waals surface area (Å²) in [6.07, 6.45) is 3.84. The minimum absolute atomic E-state index is 0.0925. The number of nitrogens with zero attached hydrogens (tertiary/aromatic N) is 1. The van der Waals surface area contributed by atoms with Gasteiger partial charge < -0.3 is 15.4 Å². The van der Waals surface area contributed by atoms with Gasteiger partial charge in [-0.25, -0.2) is 0 Å². The summed E-state index contributed by atoms with van der Waals surface area (Å²) >= 11 is 0. The van der Waals surface area contributed by atoms with E-state index >= 15 is 0 Å². The van der Waals surface area contributed by atoms with Crippen molar-refractivity contribution < 1.29 is 9.53 Å². The highest BCUT2D eigenvalue weighted by molar-refractivity contribution is 6.00. The fourth-order valence-corrected chi connectivity index (χ4v) is 2.41. The average Bonchev–Trinajstić information content (AvgIpc) is 2.96. The molecule has 0 saturated carbocycles. The number of benzene rings is 1. The van der Waals surface area contributed by atoms with Gasteiger partial charge in [-0.2, -0.15) is 5.10 Å². The van der Waals surface area contributed by atoms with E-state index in [4.69, 9.17) is 4.74 Å². The molecule has 20 heavy (non-hydrogen) atoms. The first-order valence-electron chi connectivity index (χ1n) is 6.87. The van der Waals surface area contributed by atoms with Gasteiger partial charge in [0, 0.05) is 5.39 Å². The zero-order valence-corrected chi connectivity index (χ0v) is 11.2. The van der Waals surface area contributed by atoms with Crippen LogP contribution in [0.25, 0.3) is 10.9 Å². The van der Waals surface area contributed by atoms with Crippen LogP contribution in [-0.2, 0) is 9.53 Å². The summed E-state index contributed by atoms with van der Waals surface area (Å²) in [4.78, 5) is 11.9.